The average Bonchev–Trinajstić information content (AvgIpc) is 2.97. The van der Waals surface area contributed by atoms with Gasteiger partial charge in [-0.15, -0.1) is 0 Å². The number of likely N-dealkylation sites (tertiary alicyclic amines) is 1. The summed E-state index contributed by atoms with van der Waals surface area (Å²) in [6.45, 7) is 7.30. The van der Waals surface area contributed by atoms with Crippen LogP contribution in [0, 0.1) is 13.8 Å². The largest absolute Gasteiger partial charge is 0.336 e. The van der Waals surface area contributed by atoms with Gasteiger partial charge in [-0.2, -0.15) is 5.10 Å². The van der Waals surface area contributed by atoms with Crippen molar-refractivity contribution in [1.29, 1.82) is 0 Å². The number of hydrogen-bond donors (Lipinski definition) is 1. The Morgan fingerprint density at radius 3 is 2.70 bits per heavy atom. The van der Waals surface area contributed by atoms with Crippen LogP contribution in [0.5, 0.6) is 0 Å². The highest BCUT2D eigenvalue weighted by molar-refractivity contribution is 6.03. The molecule has 6 nitrogen and oxygen atoms in total. The molecule has 2 amide bonds. The van der Waals surface area contributed by atoms with E-state index in [0.717, 1.165) is 37.2 Å². The van der Waals surface area contributed by atoms with Gasteiger partial charge in [-0.3, -0.25) is 14.3 Å². The molecule has 2 heterocycles. The lowest BCUT2D eigenvalue weighted by atomic mass is 10.0. The van der Waals surface area contributed by atoms with E-state index in [1.807, 2.05) is 41.6 Å². The van der Waals surface area contributed by atoms with Crippen LogP contribution in [0.15, 0.2) is 30.3 Å². The summed E-state index contributed by atoms with van der Waals surface area (Å²) in [7, 11) is 0. The average molecular weight is 368 g/mol. The number of para-hydroxylation sites is 1. The number of nitrogens with one attached hydrogen (secondary N) is 1. The van der Waals surface area contributed by atoms with Crippen LogP contribution in [0.3, 0.4) is 0 Å². The van der Waals surface area contributed by atoms with E-state index < -0.39 is 0 Å². The first-order chi connectivity index (χ1) is 13.0. The van der Waals surface area contributed by atoms with Crippen LogP contribution in [0.4, 0.5) is 5.69 Å². The fraction of sp³-hybridized carbons (Fsp3) is 0.476. The van der Waals surface area contributed by atoms with Crippen LogP contribution in [0.2, 0.25) is 0 Å². The molecule has 1 unspecified atom stereocenters. The van der Waals surface area contributed by atoms with Crippen molar-refractivity contribution in [3.8, 4) is 0 Å². The summed E-state index contributed by atoms with van der Waals surface area (Å²) in [5.41, 5.74) is 3.12. The molecule has 1 fully saturated rings. The molecule has 1 aliphatic rings. The SMILES string of the molecule is Cc1cc(C)n(CCC(=O)Nc2ccccc2C(=O)N2CCCCC2C)n1. The molecule has 0 aliphatic carbocycles. The Labute approximate surface area is 160 Å². The number of carbonyl (C=O) groups excluding carboxylic acids is 2. The van der Waals surface area contributed by atoms with Crippen LogP contribution in [0.25, 0.3) is 0 Å². The van der Waals surface area contributed by atoms with Crippen molar-refractivity contribution in [3.63, 3.8) is 0 Å². The molecule has 3 rings (SSSR count). The summed E-state index contributed by atoms with van der Waals surface area (Å²) in [5, 5.41) is 7.29. The van der Waals surface area contributed by atoms with Crippen molar-refractivity contribution >= 4 is 17.5 Å². The number of rotatable bonds is 5. The molecule has 2 aromatic rings. The number of carbonyl (C=O) groups is 2. The highest BCUT2D eigenvalue weighted by Crippen LogP contribution is 2.23. The zero-order valence-electron chi connectivity index (χ0n) is 16.4. The smallest absolute Gasteiger partial charge is 0.256 e. The van der Waals surface area contributed by atoms with Crippen LogP contribution < -0.4 is 5.32 Å². The molecule has 0 radical (unpaired) electrons. The van der Waals surface area contributed by atoms with Gasteiger partial charge in [0, 0.05) is 31.2 Å². The molecule has 144 valence electrons. The number of benzene rings is 1. The van der Waals surface area contributed by atoms with E-state index in [1.165, 1.54) is 0 Å². The van der Waals surface area contributed by atoms with Crippen molar-refractivity contribution in [2.24, 2.45) is 0 Å². The Bertz CT molecular complexity index is 827. The molecule has 0 saturated carbocycles. The summed E-state index contributed by atoms with van der Waals surface area (Å²) >= 11 is 0. The number of nitrogens with zero attached hydrogens (tertiary/aromatic N) is 3. The van der Waals surface area contributed by atoms with Crippen LogP contribution in [-0.2, 0) is 11.3 Å². The Balaban J connectivity index is 1.67. The second kappa shape index (κ2) is 8.37. The van der Waals surface area contributed by atoms with E-state index in [2.05, 4.69) is 17.3 Å². The van der Waals surface area contributed by atoms with Gasteiger partial charge in [0.1, 0.15) is 0 Å². The number of aromatic nitrogens is 2. The predicted molar refractivity (Wildman–Crippen MR) is 106 cm³/mol. The minimum atomic E-state index is -0.116. The molecule has 1 atom stereocenters. The van der Waals surface area contributed by atoms with E-state index in [4.69, 9.17) is 0 Å². The molecule has 1 N–H and O–H groups in total. The zero-order valence-corrected chi connectivity index (χ0v) is 16.4. The van der Waals surface area contributed by atoms with E-state index in [9.17, 15) is 9.59 Å². The van der Waals surface area contributed by atoms with Gasteiger partial charge < -0.3 is 10.2 Å². The summed E-state index contributed by atoms with van der Waals surface area (Å²) in [6.07, 6.45) is 3.54. The standard InChI is InChI=1S/C21H28N4O2/c1-15-14-17(3)25(23-15)13-11-20(26)22-19-10-5-4-9-18(19)21(27)24-12-7-6-8-16(24)2/h4-5,9-10,14,16H,6-8,11-13H2,1-3H3,(H,22,26). The van der Waals surface area contributed by atoms with Gasteiger partial charge >= 0.3 is 0 Å². The first-order valence-corrected chi connectivity index (χ1v) is 9.66. The highest BCUT2D eigenvalue weighted by atomic mass is 16.2. The Morgan fingerprint density at radius 2 is 2.00 bits per heavy atom. The lowest BCUT2D eigenvalue weighted by Gasteiger charge is -2.33. The third kappa shape index (κ3) is 4.56. The third-order valence-electron chi connectivity index (χ3n) is 5.15. The van der Waals surface area contributed by atoms with E-state index >= 15 is 0 Å². The molecule has 1 aliphatic heterocycles. The van der Waals surface area contributed by atoms with Crippen molar-refractivity contribution < 1.29 is 9.59 Å². The molecule has 27 heavy (non-hydrogen) atoms. The van der Waals surface area contributed by atoms with Crippen LogP contribution in [-0.4, -0.2) is 39.1 Å². The Morgan fingerprint density at radius 1 is 1.22 bits per heavy atom. The van der Waals surface area contributed by atoms with Gasteiger partial charge in [0.15, 0.2) is 0 Å². The van der Waals surface area contributed by atoms with Gasteiger partial charge in [0.05, 0.1) is 16.9 Å². The number of anilines is 1. The minimum absolute atomic E-state index is 0.00311. The normalized spacial score (nSPS) is 17.0. The van der Waals surface area contributed by atoms with Crippen molar-refractivity contribution in [3.05, 3.63) is 47.3 Å². The maximum absolute atomic E-state index is 13.0. The van der Waals surface area contributed by atoms with Crippen molar-refractivity contribution in [2.45, 2.75) is 59.0 Å². The summed E-state index contributed by atoms with van der Waals surface area (Å²) in [5.74, 6) is -0.119. The second-order valence-corrected chi connectivity index (χ2v) is 7.34. The molecule has 6 heteroatoms. The maximum atomic E-state index is 13.0. The van der Waals surface area contributed by atoms with Gasteiger partial charge in [0.25, 0.3) is 5.91 Å². The van der Waals surface area contributed by atoms with Crippen molar-refractivity contribution in [2.75, 3.05) is 11.9 Å². The van der Waals surface area contributed by atoms with Crippen molar-refractivity contribution in [1.82, 2.24) is 14.7 Å². The number of piperidine rings is 1. The first kappa shape index (κ1) is 19.1. The molecular weight excluding hydrogens is 340 g/mol. The summed E-state index contributed by atoms with van der Waals surface area (Å²) in [6, 6.07) is 9.50. The van der Waals surface area contributed by atoms with E-state index in [0.29, 0.717) is 24.2 Å². The fourth-order valence-electron chi connectivity index (χ4n) is 3.65. The highest BCUT2D eigenvalue weighted by Gasteiger charge is 2.26. The number of hydrogen-bond acceptors (Lipinski definition) is 3. The van der Waals surface area contributed by atoms with E-state index in [-0.39, 0.29) is 17.9 Å². The fourth-order valence-corrected chi connectivity index (χ4v) is 3.65. The zero-order chi connectivity index (χ0) is 19.4. The third-order valence-corrected chi connectivity index (χ3v) is 5.15. The van der Waals surface area contributed by atoms with Gasteiger partial charge in [-0.25, -0.2) is 0 Å². The topological polar surface area (TPSA) is 67.2 Å². The molecule has 1 saturated heterocycles. The maximum Gasteiger partial charge on any atom is 0.256 e. The summed E-state index contributed by atoms with van der Waals surface area (Å²) in [4.78, 5) is 27.4. The molecular formula is C21H28N4O2. The van der Waals surface area contributed by atoms with Crippen LogP contribution in [0.1, 0.15) is 54.4 Å². The van der Waals surface area contributed by atoms with E-state index in [1.54, 1.807) is 12.1 Å². The molecule has 0 spiro atoms. The number of aryl methyl sites for hydroxylation is 3. The van der Waals surface area contributed by atoms with Crippen LogP contribution >= 0.6 is 0 Å². The first-order valence-electron chi connectivity index (χ1n) is 9.66. The number of amides is 2. The molecule has 1 aromatic heterocycles. The molecule has 0 bridgehead atoms. The quantitative estimate of drug-likeness (QED) is 0.878. The second-order valence-electron chi connectivity index (χ2n) is 7.34. The predicted octanol–water partition coefficient (Wildman–Crippen LogP) is 3.54. The lowest BCUT2D eigenvalue weighted by molar-refractivity contribution is -0.116. The van der Waals surface area contributed by atoms with Gasteiger partial charge in [-0.1, -0.05) is 12.1 Å². The Hall–Kier alpha value is -2.63. The van der Waals surface area contributed by atoms with Gasteiger partial charge in [0.2, 0.25) is 5.91 Å². The van der Waals surface area contributed by atoms with Gasteiger partial charge in [-0.05, 0) is 58.2 Å². The Kier molecular flexibility index (Phi) is 5.94. The lowest BCUT2D eigenvalue weighted by Crippen LogP contribution is -2.42. The molecule has 1 aromatic carbocycles. The minimum Gasteiger partial charge on any atom is -0.336 e. The monoisotopic (exact) mass is 368 g/mol. The summed E-state index contributed by atoms with van der Waals surface area (Å²) < 4.78 is 1.83.